The average molecular weight is 296 g/mol. The molecule has 0 bridgehead atoms. The second kappa shape index (κ2) is 6.17. The summed E-state index contributed by atoms with van der Waals surface area (Å²) in [6, 6.07) is 5.99. The summed E-state index contributed by atoms with van der Waals surface area (Å²) in [5.74, 6) is 1.09. The lowest BCUT2D eigenvalue weighted by Gasteiger charge is -2.20. The molecule has 0 aliphatic carbocycles. The van der Waals surface area contributed by atoms with E-state index >= 15 is 0 Å². The predicted octanol–water partition coefficient (Wildman–Crippen LogP) is 5.26. The van der Waals surface area contributed by atoms with E-state index < -0.39 is 3.79 Å². The Kier molecular flexibility index (Phi) is 5.43. The van der Waals surface area contributed by atoms with Crippen molar-refractivity contribution in [1.82, 2.24) is 0 Å². The summed E-state index contributed by atoms with van der Waals surface area (Å²) in [5.41, 5.74) is 2.29. The largest absolute Gasteiger partial charge is 0.494 e. The average Bonchev–Trinajstić information content (AvgIpc) is 2.18. The van der Waals surface area contributed by atoms with E-state index in [0.717, 1.165) is 11.3 Å². The van der Waals surface area contributed by atoms with Crippen LogP contribution in [0, 0.1) is 6.92 Å². The lowest BCUT2D eigenvalue weighted by Crippen LogP contribution is -2.09. The summed E-state index contributed by atoms with van der Waals surface area (Å²) in [7, 11) is 0. The van der Waals surface area contributed by atoms with E-state index in [1.54, 1.807) is 0 Å². The Hall–Kier alpha value is -0.110. The molecule has 1 nitrogen and oxygen atoms in total. The Morgan fingerprint density at radius 3 is 2.47 bits per heavy atom. The molecule has 0 fully saturated rings. The lowest BCUT2D eigenvalue weighted by molar-refractivity contribution is 0.337. The molecular weight excluding hydrogens is 279 g/mol. The zero-order valence-electron chi connectivity index (χ0n) is 10.3. The van der Waals surface area contributed by atoms with Crippen LogP contribution in [0.1, 0.15) is 37.3 Å². The van der Waals surface area contributed by atoms with Gasteiger partial charge in [-0.1, -0.05) is 53.9 Å². The lowest BCUT2D eigenvalue weighted by atomic mass is 9.94. The van der Waals surface area contributed by atoms with Gasteiger partial charge < -0.3 is 4.74 Å². The summed E-state index contributed by atoms with van der Waals surface area (Å²) >= 11 is 17.5. The van der Waals surface area contributed by atoms with Gasteiger partial charge in [-0.2, -0.15) is 0 Å². The van der Waals surface area contributed by atoms with Crippen molar-refractivity contribution < 1.29 is 4.74 Å². The van der Waals surface area contributed by atoms with E-state index in [4.69, 9.17) is 39.5 Å². The number of rotatable bonds is 4. The van der Waals surface area contributed by atoms with Crippen LogP contribution in [0.2, 0.25) is 0 Å². The Morgan fingerprint density at radius 2 is 1.94 bits per heavy atom. The van der Waals surface area contributed by atoms with Gasteiger partial charge in [-0.3, -0.25) is 0 Å². The van der Waals surface area contributed by atoms with E-state index in [0.29, 0.717) is 13.0 Å². The maximum absolute atomic E-state index is 5.83. The maximum atomic E-state index is 5.83. The van der Waals surface area contributed by atoms with Gasteiger partial charge in [0.1, 0.15) is 5.75 Å². The normalized spacial score (nSPS) is 13.5. The second-order valence-corrected chi connectivity index (χ2v) is 6.64. The van der Waals surface area contributed by atoms with Crippen molar-refractivity contribution in [2.75, 3.05) is 6.61 Å². The van der Waals surface area contributed by atoms with Gasteiger partial charge in [0.2, 0.25) is 0 Å². The molecule has 0 aliphatic heterocycles. The second-order valence-electron chi connectivity index (χ2n) is 4.12. The summed E-state index contributed by atoms with van der Waals surface area (Å²) in [6.45, 7) is 6.72. The molecule has 1 aromatic carbocycles. The van der Waals surface area contributed by atoms with Crippen LogP contribution < -0.4 is 4.74 Å². The van der Waals surface area contributed by atoms with Crippen molar-refractivity contribution >= 4 is 34.8 Å². The third-order valence-electron chi connectivity index (χ3n) is 2.69. The van der Waals surface area contributed by atoms with Gasteiger partial charge in [-0.05, 0) is 37.0 Å². The highest BCUT2D eigenvalue weighted by molar-refractivity contribution is 6.67. The molecule has 0 heterocycles. The number of alkyl halides is 3. The zero-order chi connectivity index (χ0) is 13.1. The molecule has 96 valence electrons. The molecule has 0 N–H and O–H groups in total. The molecule has 0 amide bonds. The molecule has 1 unspecified atom stereocenters. The highest BCUT2D eigenvalue weighted by Gasteiger charge is 2.25. The minimum Gasteiger partial charge on any atom is -0.494 e. The van der Waals surface area contributed by atoms with Crippen LogP contribution in [0.25, 0.3) is 0 Å². The fraction of sp³-hybridized carbons (Fsp3) is 0.538. The first-order chi connectivity index (χ1) is 7.85. The third kappa shape index (κ3) is 4.57. The van der Waals surface area contributed by atoms with Gasteiger partial charge in [-0.15, -0.1) is 0 Å². The van der Waals surface area contributed by atoms with Crippen LogP contribution >= 0.6 is 34.8 Å². The molecule has 0 radical (unpaired) electrons. The Labute approximate surface area is 118 Å². The Morgan fingerprint density at radius 1 is 1.29 bits per heavy atom. The molecule has 1 aromatic rings. The van der Waals surface area contributed by atoms with Crippen LogP contribution in [0.15, 0.2) is 18.2 Å². The number of hydrogen-bond donors (Lipinski definition) is 0. The van der Waals surface area contributed by atoms with Crippen molar-refractivity contribution in [3.8, 4) is 5.75 Å². The smallest absolute Gasteiger partial charge is 0.191 e. The minimum absolute atomic E-state index is 0.183. The molecule has 0 saturated carbocycles. The van der Waals surface area contributed by atoms with Gasteiger partial charge in [-0.25, -0.2) is 0 Å². The summed E-state index contributed by atoms with van der Waals surface area (Å²) in [4.78, 5) is 0. The summed E-state index contributed by atoms with van der Waals surface area (Å²) < 4.78 is 4.34. The summed E-state index contributed by atoms with van der Waals surface area (Å²) in [6.07, 6.45) is 0.494. The highest BCUT2D eigenvalue weighted by atomic mass is 35.6. The molecule has 0 aliphatic rings. The fourth-order valence-electron chi connectivity index (χ4n) is 1.93. The predicted molar refractivity (Wildman–Crippen MR) is 75.7 cm³/mol. The van der Waals surface area contributed by atoms with Crippen LogP contribution in [0.5, 0.6) is 5.75 Å². The Balaban J connectivity index is 2.94. The van der Waals surface area contributed by atoms with Gasteiger partial charge in [0, 0.05) is 6.42 Å². The van der Waals surface area contributed by atoms with Crippen molar-refractivity contribution in [1.29, 1.82) is 0 Å². The van der Waals surface area contributed by atoms with Crippen LogP contribution in [-0.2, 0) is 0 Å². The van der Waals surface area contributed by atoms with E-state index in [2.05, 4.69) is 13.0 Å². The molecule has 0 spiro atoms. The maximum Gasteiger partial charge on any atom is 0.191 e. The Bertz CT molecular complexity index is 371. The first-order valence-corrected chi connectivity index (χ1v) is 6.77. The molecule has 1 rings (SSSR count). The molecule has 1 atom stereocenters. The molecular formula is C13H17Cl3O. The van der Waals surface area contributed by atoms with Crippen LogP contribution in [0.4, 0.5) is 0 Å². The van der Waals surface area contributed by atoms with Crippen molar-refractivity contribution in [3.63, 3.8) is 0 Å². The number of ether oxygens (including phenoxy) is 1. The van der Waals surface area contributed by atoms with Gasteiger partial charge in [0.05, 0.1) is 6.61 Å². The third-order valence-corrected chi connectivity index (χ3v) is 3.16. The number of benzene rings is 1. The zero-order valence-corrected chi connectivity index (χ0v) is 12.5. The first-order valence-electron chi connectivity index (χ1n) is 5.64. The van der Waals surface area contributed by atoms with E-state index in [9.17, 15) is 0 Å². The molecule has 0 aromatic heterocycles. The molecule has 17 heavy (non-hydrogen) atoms. The van der Waals surface area contributed by atoms with Crippen molar-refractivity contribution in [2.45, 2.75) is 36.9 Å². The standard InChI is InChI=1S/C13H17Cl3O/c1-4-17-12-7-5-6-11(10(12)3)9(2)8-13(14,15)16/h5-7,9H,4,8H2,1-3H3. The highest BCUT2D eigenvalue weighted by Crippen LogP contribution is 2.39. The molecule has 4 heteroatoms. The summed E-state index contributed by atoms with van der Waals surface area (Å²) in [5, 5.41) is 0. The SMILES string of the molecule is CCOc1cccc(C(C)CC(Cl)(Cl)Cl)c1C. The molecule has 0 saturated heterocycles. The topological polar surface area (TPSA) is 9.23 Å². The van der Waals surface area contributed by atoms with Crippen molar-refractivity contribution in [3.05, 3.63) is 29.3 Å². The number of halogens is 3. The first kappa shape index (κ1) is 14.9. The quantitative estimate of drug-likeness (QED) is 0.689. The van der Waals surface area contributed by atoms with Crippen LogP contribution in [0.3, 0.4) is 0 Å². The fourth-order valence-corrected chi connectivity index (χ4v) is 2.63. The van der Waals surface area contributed by atoms with Crippen LogP contribution in [-0.4, -0.2) is 10.4 Å². The van der Waals surface area contributed by atoms with Gasteiger partial charge >= 0.3 is 0 Å². The van der Waals surface area contributed by atoms with E-state index in [-0.39, 0.29) is 5.92 Å². The minimum atomic E-state index is -1.21. The van der Waals surface area contributed by atoms with Crippen molar-refractivity contribution in [2.24, 2.45) is 0 Å². The van der Waals surface area contributed by atoms with E-state index in [1.165, 1.54) is 5.56 Å². The number of hydrogen-bond acceptors (Lipinski definition) is 1. The van der Waals surface area contributed by atoms with Gasteiger partial charge in [0.25, 0.3) is 0 Å². The van der Waals surface area contributed by atoms with Gasteiger partial charge in [0.15, 0.2) is 3.79 Å². The monoisotopic (exact) mass is 294 g/mol. The van der Waals surface area contributed by atoms with E-state index in [1.807, 2.05) is 26.0 Å².